The lowest BCUT2D eigenvalue weighted by atomic mass is 10.2. The summed E-state index contributed by atoms with van der Waals surface area (Å²) < 4.78 is 5.26. The van der Waals surface area contributed by atoms with Crippen LogP contribution in [0.5, 0.6) is 0 Å². The van der Waals surface area contributed by atoms with Crippen molar-refractivity contribution >= 4 is 5.91 Å². The van der Waals surface area contributed by atoms with Gasteiger partial charge in [0.25, 0.3) is 0 Å². The van der Waals surface area contributed by atoms with Crippen LogP contribution in [0.3, 0.4) is 0 Å². The average molecular weight is 143 g/mol. The van der Waals surface area contributed by atoms with Crippen molar-refractivity contribution in [2.24, 2.45) is 0 Å². The normalized spacial score (nSPS) is 25.9. The molecule has 0 saturated carbocycles. The molecule has 1 saturated heterocycles. The monoisotopic (exact) mass is 143 g/mol. The second kappa shape index (κ2) is 3.56. The van der Waals surface area contributed by atoms with E-state index in [0.717, 1.165) is 25.9 Å². The number of ether oxygens (including phenoxy) is 1. The van der Waals surface area contributed by atoms with Crippen molar-refractivity contribution in [1.82, 2.24) is 5.32 Å². The Morgan fingerprint density at radius 3 is 2.90 bits per heavy atom. The second-order valence-corrected chi connectivity index (χ2v) is 2.56. The molecule has 3 nitrogen and oxygen atoms in total. The van der Waals surface area contributed by atoms with Gasteiger partial charge in [-0.3, -0.25) is 4.79 Å². The Balaban J connectivity index is 2.19. The van der Waals surface area contributed by atoms with Gasteiger partial charge in [0.15, 0.2) is 0 Å². The second-order valence-electron chi connectivity index (χ2n) is 2.56. The molecular weight excluding hydrogens is 130 g/mol. The van der Waals surface area contributed by atoms with E-state index in [1.807, 2.05) is 0 Å². The molecule has 0 unspecified atom stereocenters. The van der Waals surface area contributed by atoms with Crippen LogP contribution < -0.4 is 5.32 Å². The number of nitrogens with one attached hydrogen (secondary N) is 1. The highest BCUT2D eigenvalue weighted by Gasteiger charge is 2.13. The summed E-state index contributed by atoms with van der Waals surface area (Å²) in [7, 11) is 0. The number of hydrogen-bond acceptors (Lipinski definition) is 2. The van der Waals surface area contributed by atoms with Crippen molar-refractivity contribution in [3.63, 3.8) is 0 Å². The number of amides is 1. The predicted molar refractivity (Wildman–Crippen MR) is 37.4 cm³/mol. The quantitative estimate of drug-likeness (QED) is 0.585. The van der Waals surface area contributed by atoms with Crippen LogP contribution in [0.15, 0.2) is 0 Å². The zero-order chi connectivity index (χ0) is 7.40. The van der Waals surface area contributed by atoms with Gasteiger partial charge in [0.1, 0.15) is 6.23 Å². The molecular formula is C7H13NO2. The molecule has 0 aromatic carbocycles. The molecule has 1 N–H and O–H groups in total. The minimum atomic E-state index is -0.0220. The SMILES string of the molecule is CC(=O)N[C@H]1CCCCO1. The number of carbonyl (C=O) groups is 1. The van der Waals surface area contributed by atoms with Crippen LogP contribution >= 0.6 is 0 Å². The first-order valence-corrected chi connectivity index (χ1v) is 3.68. The van der Waals surface area contributed by atoms with Crippen LogP contribution in [0, 0.1) is 0 Å². The predicted octanol–water partition coefficient (Wildman–Crippen LogP) is 0.649. The molecule has 0 radical (unpaired) electrons. The van der Waals surface area contributed by atoms with Gasteiger partial charge in [0.05, 0.1) is 0 Å². The maximum absolute atomic E-state index is 10.5. The maximum atomic E-state index is 10.5. The summed E-state index contributed by atoms with van der Waals surface area (Å²) in [6.07, 6.45) is 3.21. The van der Waals surface area contributed by atoms with Crippen LogP contribution in [0.25, 0.3) is 0 Å². The lowest BCUT2D eigenvalue weighted by Crippen LogP contribution is -2.37. The van der Waals surface area contributed by atoms with Crippen LogP contribution in [0.4, 0.5) is 0 Å². The van der Waals surface area contributed by atoms with Gasteiger partial charge in [-0.25, -0.2) is 0 Å². The molecule has 0 aromatic rings. The molecule has 58 valence electrons. The molecule has 1 fully saturated rings. The summed E-state index contributed by atoms with van der Waals surface area (Å²) in [6.45, 7) is 2.29. The average Bonchev–Trinajstić information content (AvgIpc) is 1.88. The van der Waals surface area contributed by atoms with Gasteiger partial charge < -0.3 is 10.1 Å². The Hall–Kier alpha value is -0.570. The zero-order valence-corrected chi connectivity index (χ0v) is 6.22. The first-order valence-electron chi connectivity index (χ1n) is 3.68. The lowest BCUT2D eigenvalue weighted by molar-refractivity contribution is -0.124. The van der Waals surface area contributed by atoms with E-state index in [0.29, 0.717) is 0 Å². The summed E-state index contributed by atoms with van der Waals surface area (Å²) in [4.78, 5) is 10.5. The molecule has 1 atom stereocenters. The third-order valence-electron chi connectivity index (χ3n) is 1.54. The van der Waals surface area contributed by atoms with E-state index in [2.05, 4.69) is 5.32 Å². The minimum Gasteiger partial charge on any atom is -0.359 e. The first-order chi connectivity index (χ1) is 4.79. The fourth-order valence-corrected chi connectivity index (χ4v) is 1.08. The fraction of sp³-hybridized carbons (Fsp3) is 0.857. The Morgan fingerprint density at radius 1 is 1.60 bits per heavy atom. The van der Waals surface area contributed by atoms with Crippen molar-refractivity contribution in [3.05, 3.63) is 0 Å². The molecule has 0 aliphatic carbocycles. The molecule has 1 heterocycles. The summed E-state index contributed by atoms with van der Waals surface area (Å²) >= 11 is 0. The Kier molecular flexibility index (Phi) is 2.68. The van der Waals surface area contributed by atoms with Gasteiger partial charge in [-0.2, -0.15) is 0 Å². The zero-order valence-electron chi connectivity index (χ0n) is 6.22. The van der Waals surface area contributed by atoms with Gasteiger partial charge in [-0.05, 0) is 19.3 Å². The van der Waals surface area contributed by atoms with Crippen LogP contribution in [0.1, 0.15) is 26.2 Å². The Labute approximate surface area is 60.7 Å². The van der Waals surface area contributed by atoms with E-state index >= 15 is 0 Å². The number of hydrogen-bond donors (Lipinski definition) is 1. The molecule has 3 heteroatoms. The summed E-state index contributed by atoms with van der Waals surface area (Å²) in [5.74, 6) is -0.00750. The summed E-state index contributed by atoms with van der Waals surface area (Å²) in [5.41, 5.74) is 0. The van der Waals surface area contributed by atoms with Crippen molar-refractivity contribution in [2.75, 3.05) is 6.61 Å². The highest BCUT2D eigenvalue weighted by atomic mass is 16.5. The molecule has 0 bridgehead atoms. The number of rotatable bonds is 1. The van der Waals surface area contributed by atoms with Crippen LogP contribution in [0.2, 0.25) is 0 Å². The summed E-state index contributed by atoms with van der Waals surface area (Å²) in [5, 5.41) is 2.72. The van der Waals surface area contributed by atoms with E-state index < -0.39 is 0 Å². The van der Waals surface area contributed by atoms with Gasteiger partial charge >= 0.3 is 0 Å². The minimum absolute atomic E-state index is 0.00750. The largest absolute Gasteiger partial charge is 0.359 e. The molecule has 0 aromatic heterocycles. The Bertz CT molecular complexity index is 119. The Morgan fingerprint density at radius 2 is 2.40 bits per heavy atom. The van der Waals surface area contributed by atoms with Gasteiger partial charge in [-0.1, -0.05) is 0 Å². The van der Waals surface area contributed by atoms with Gasteiger partial charge in [-0.15, -0.1) is 0 Å². The van der Waals surface area contributed by atoms with Crippen molar-refractivity contribution in [2.45, 2.75) is 32.4 Å². The van der Waals surface area contributed by atoms with E-state index in [1.165, 1.54) is 6.92 Å². The van der Waals surface area contributed by atoms with Crippen molar-refractivity contribution < 1.29 is 9.53 Å². The van der Waals surface area contributed by atoms with E-state index in [4.69, 9.17) is 4.74 Å². The molecule has 1 rings (SSSR count). The third-order valence-corrected chi connectivity index (χ3v) is 1.54. The highest BCUT2D eigenvalue weighted by Crippen LogP contribution is 2.09. The molecule has 1 amide bonds. The molecule has 0 spiro atoms. The topological polar surface area (TPSA) is 38.3 Å². The van der Waals surface area contributed by atoms with Crippen molar-refractivity contribution in [1.29, 1.82) is 0 Å². The third kappa shape index (κ3) is 2.35. The van der Waals surface area contributed by atoms with Crippen LogP contribution in [-0.4, -0.2) is 18.7 Å². The molecule has 1 aliphatic rings. The number of carbonyl (C=O) groups excluding carboxylic acids is 1. The first kappa shape index (κ1) is 7.54. The standard InChI is InChI=1S/C7H13NO2/c1-6(9)8-7-4-2-3-5-10-7/h7H,2-5H2,1H3,(H,8,9)/t7-/m1/s1. The lowest BCUT2D eigenvalue weighted by Gasteiger charge is -2.22. The molecule has 10 heavy (non-hydrogen) atoms. The van der Waals surface area contributed by atoms with Gasteiger partial charge in [0, 0.05) is 13.5 Å². The van der Waals surface area contributed by atoms with E-state index in [1.54, 1.807) is 0 Å². The van der Waals surface area contributed by atoms with Gasteiger partial charge in [0.2, 0.25) is 5.91 Å². The van der Waals surface area contributed by atoms with Crippen molar-refractivity contribution in [3.8, 4) is 0 Å². The van der Waals surface area contributed by atoms with Crippen LogP contribution in [-0.2, 0) is 9.53 Å². The van der Waals surface area contributed by atoms with E-state index in [9.17, 15) is 4.79 Å². The molecule has 1 aliphatic heterocycles. The maximum Gasteiger partial charge on any atom is 0.218 e. The fourth-order valence-electron chi connectivity index (χ4n) is 1.08. The smallest absolute Gasteiger partial charge is 0.218 e. The van der Waals surface area contributed by atoms with E-state index in [-0.39, 0.29) is 12.1 Å². The highest BCUT2D eigenvalue weighted by molar-refractivity contribution is 5.72. The summed E-state index contributed by atoms with van der Waals surface area (Å²) in [6, 6.07) is 0.